The molecule has 0 aliphatic rings. The van der Waals surface area contributed by atoms with Crippen molar-refractivity contribution >= 4 is 0 Å². The van der Waals surface area contributed by atoms with Crippen LogP contribution in [0.15, 0.2) is 73.8 Å². The van der Waals surface area contributed by atoms with E-state index in [4.69, 9.17) is 0 Å². The van der Waals surface area contributed by atoms with Gasteiger partial charge in [-0.2, -0.15) is 0 Å². The first kappa shape index (κ1) is 22.1. The van der Waals surface area contributed by atoms with E-state index < -0.39 is 0 Å². The van der Waals surface area contributed by atoms with E-state index in [0.717, 1.165) is 38.8 Å². The molecule has 2 aromatic carbocycles. The number of imidazole rings is 2. The molecular weight excluding hydrogens is 392 g/mol. The second kappa shape index (κ2) is 9.99. The lowest BCUT2D eigenvalue weighted by atomic mass is 10.0. The van der Waals surface area contributed by atoms with Gasteiger partial charge in [0.15, 0.2) is 0 Å². The summed E-state index contributed by atoms with van der Waals surface area (Å²) in [4.78, 5) is 0. The molecule has 32 heavy (non-hydrogen) atoms. The first-order chi connectivity index (χ1) is 15.7. The Hall–Kier alpha value is -3.14. The summed E-state index contributed by atoms with van der Waals surface area (Å²) in [6.07, 6.45) is 17.4. The molecule has 0 aliphatic heterocycles. The Morgan fingerprint density at radius 1 is 0.562 bits per heavy atom. The fourth-order valence-electron chi connectivity index (χ4n) is 4.64. The van der Waals surface area contributed by atoms with Gasteiger partial charge in [0.2, 0.25) is 12.7 Å². The standard InChI is InChI=1S/C28H36N4/c1-5-23-11-9-12-24(6-2)27(23)31-19-17-29(21-31)15-16-30-18-20-32(22-30)28-25(7-3)13-10-14-26(28)8-4/h9-14,17-22H,5-8,15-16H2,1-4H3/q+2. The van der Waals surface area contributed by atoms with Gasteiger partial charge in [-0.3, -0.25) is 0 Å². The molecule has 0 fully saturated rings. The highest BCUT2D eigenvalue weighted by Gasteiger charge is 2.17. The Kier molecular flexibility index (Phi) is 6.89. The molecule has 166 valence electrons. The van der Waals surface area contributed by atoms with Crippen LogP contribution in [-0.4, -0.2) is 9.13 Å². The van der Waals surface area contributed by atoms with E-state index in [1.165, 1.54) is 33.6 Å². The highest BCUT2D eigenvalue weighted by Crippen LogP contribution is 2.22. The fraction of sp³-hybridized carbons (Fsp3) is 0.357. The molecular formula is C28H36N4+2. The van der Waals surface area contributed by atoms with Crippen molar-refractivity contribution < 1.29 is 9.13 Å². The second-order valence-corrected chi connectivity index (χ2v) is 8.38. The number of para-hydroxylation sites is 2. The molecule has 0 amide bonds. The summed E-state index contributed by atoms with van der Waals surface area (Å²) in [6.45, 7) is 10.8. The van der Waals surface area contributed by atoms with Crippen LogP contribution in [0.25, 0.3) is 11.4 Å². The van der Waals surface area contributed by atoms with Crippen LogP contribution in [0.1, 0.15) is 49.9 Å². The molecule has 2 aromatic heterocycles. The molecule has 0 saturated heterocycles. The molecule has 0 saturated carbocycles. The summed E-state index contributed by atoms with van der Waals surface area (Å²) in [7, 11) is 0. The van der Waals surface area contributed by atoms with Crippen LogP contribution in [-0.2, 0) is 38.8 Å². The number of hydrogen-bond donors (Lipinski definition) is 0. The summed E-state index contributed by atoms with van der Waals surface area (Å²) < 4.78 is 9.15. The van der Waals surface area contributed by atoms with E-state index in [-0.39, 0.29) is 0 Å². The van der Waals surface area contributed by atoms with Gasteiger partial charge >= 0.3 is 0 Å². The fourth-order valence-corrected chi connectivity index (χ4v) is 4.64. The summed E-state index contributed by atoms with van der Waals surface area (Å²) in [5.41, 5.74) is 8.30. The zero-order valence-electron chi connectivity index (χ0n) is 20.0. The lowest BCUT2D eigenvalue weighted by molar-refractivity contribution is -0.777. The molecule has 4 rings (SSSR count). The maximum absolute atomic E-state index is 2.29. The van der Waals surface area contributed by atoms with E-state index in [1.54, 1.807) is 0 Å². The molecule has 0 unspecified atom stereocenters. The Morgan fingerprint density at radius 3 is 1.22 bits per heavy atom. The van der Waals surface area contributed by atoms with Crippen LogP contribution in [0.5, 0.6) is 0 Å². The van der Waals surface area contributed by atoms with Crippen molar-refractivity contribution in [3.8, 4) is 11.4 Å². The van der Waals surface area contributed by atoms with Gasteiger partial charge in [-0.15, -0.1) is 0 Å². The maximum atomic E-state index is 2.29. The normalized spacial score (nSPS) is 11.2. The Labute approximate surface area is 192 Å². The van der Waals surface area contributed by atoms with E-state index in [9.17, 15) is 0 Å². The van der Waals surface area contributed by atoms with Crippen molar-refractivity contribution in [3.05, 3.63) is 96.1 Å². The molecule has 4 aromatic rings. The van der Waals surface area contributed by atoms with Crippen molar-refractivity contribution in [2.45, 2.75) is 66.5 Å². The van der Waals surface area contributed by atoms with E-state index in [1.807, 2.05) is 0 Å². The Balaban J connectivity index is 1.52. The number of aromatic nitrogens is 4. The average molecular weight is 429 g/mol. The van der Waals surface area contributed by atoms with Gasteiger partial charge in [0.25, 0.3) is 0 Å². The van der Waals surface area contributed by atoms with E-state index in [0.29, 0.717) is 0 Å². The molecule has 0 bridgehead atoms. The minimum Gasteiger partial charge on any atom is -0.232 e. The third-order valence-electron chi connectivity index (χ3n) is 6.45. The lowest BCUT2D eigenvalue weighted by Crippen LogP contribution is -2.42. The highest BCUT2D eigenvalue weighted by molar-refractivity contribution is 5.49. The van der Waals surface area contributed by atoms with Crippen molar-refractivity contribution in [3.63, 3.8) is 0 Å². The molecule has 4 heteroatoms. The number of benzene rings is 2. The summed E-state index contributed by atoms with van der Waals surface area (Å²) in [5, 5.41) is 0. The average Bonchev–Trinajstić information content (AvgIpc) is 3.51. The highest BCUT2D eigenvalue weighted by atomic mass is 15.2. The van der Waals surface area contributed by atoms with Gasteiger partial charge in [-0.1, -0.05) is 64.1 Å². The number of rotatable bonds is 9. The van der Waals surface area contributed by atoms with Crippen LogP contribution in [0.4, 0.5) is 0 Å². The topological polar surface area (TPSA) is 17.6 Å². The van der Waals surface area contributed by atoms with Crippen LogP contribution in [0.3, 0.4) is 0 Å². The van der Waals surface area contributed by atoms with Crippen molar-refractivity contribution in [2.24, 2.45) is 0 Å². The van der Waals surface area contributed by atoms with Crippen molar-refractivity contribution in [2.75, 3.05) is 0 Å². The van der Waals surface area contributed by atoms with Crippen LogP contribution in [0, 0.1) is 0 Å². The number of aryl methyl sites for hydroxylation is 6. The third-order valence-corrected chi connectivity index (χ3v) is 6.45. The molecule has 0 spiro atoms. The first-order valence-electron chi connectivity index (χ1n) is 12.0. The largest absolute Gasteiger partial charge is 0.249 e. The SMILES string of the molecule is CCc1cccc(CC)c1-n1cc[n+](CC[n+]2ccn(-c3c(CC)cccc3CC)c2)c1. The Morgan fingerprint density at radius 2 is 0.906 bits per heavy atom. The minimum absolute atomic E-state index is 0.938. The van der Waals surface area contributed by atoms with E-state index in [2.05, 4.69) is 120 Å². The van der Waals surface area contributed by atoms with Crippen molar-refractivity contribution in [1.82, 2.24) is 9.13 Å². The Bertz CT molecular complexity index is 1040. The summed E-state index contributed by atoms with van der Waals surface area (Å²) >= 11 is 0. The van der Waals surface area contributed by atoms with Gasteiger partial charge in [0, 0.05) is 0 Å². The predicted octanol–water partition coefficient (Wildman–Crippen LogP) is 4.79. The molecule has 0 N–H and O–H groups in total. The van der Waals surface area contributed by atoms with Gasteiger partial charge in [0.1, 0.15) is 49.3 Å². The molecule has 0 radical (unpaired) electrons. The first-order valence-corrected chi connectivity index (χ1v) is 12.0. The molecule has 0 aliphatic carbocycles. The van der Waals surface area contributed by atoms with Crippen LogP contribution >= 0.6 is 0 Å². The van der Waals surface area contributed by atoms with Crippen molar-refractivity contribution in [1.29, 1.82) is 0 Å². The zero-order chi connectivity index (χ0) is 22.5. The molecule has 4 nitrogen and oxygen atoms in total. The van der Waals surface area contributed by atoms with Gasteiger partial charge in [-0.05, 0) is 47.9 Å². The number of nitrogens with zero attached hydrogens (tertiary/aromatic N) is 4. The molecule has 2 heterocycles. The van der Waals surface area contributed by atoms with Gasteiger partial charge < -0.3 is 0 Å². The lowest BCUT2D eigenvalue weighted by Gasteiger charge is -2.09. The minimum atomic E-state index is 0.938. The predicted molar refractivity (Wildman–Crippen MR) is 129 cm³/mol. The third kappa shape index (κ3) is 4.40. The monoisotopic (exact) mass is 428 g/mol. The van der Waals surface area contributed by atoms with Gasteiger partial charge in [0.05, 0.1) is 0 Å². The van der Waals surface area contributed by atoms with Crippen LogP contribution < -0.4 is 9.13 Å². The summed E-state index contributed by atoms with van der Waals surface area (Å²) in [5.74, 6) is 0. The number of hydrogen-bond acceptors (Lipinski definition) is 0. The van der Waals surface area contributed by atoms with E-state index >= 15 is 0 Å². The zero-order valence-corrected chi connectivity index (χ0v) is 20.0. The smallest absolute Gasteiger partial charge is 0.232 e. The maximum Gasteiger partial charge on any atom is 0.249 e. The van der Waals surface area contributed by atoms with Crippen LogP contribution in [0.2, 0.25) is 0 Å². The second-order valence-electron chi connectivity index (χ2n) is 8.38. The van der Waals surface area contributed by atoms with Gasteiger partial charge in [-0.25, -0.2) is 18.3 Å². The molecule has 0 atom stereocenters. The summed E-state index contributed by atoms with van der Waals surface area (Å²) in [6, 6.07) is 13.3. The quantitative estimate of drug-likeness (QED) is 0.341.